The van der Waals surface area contributed by atoms with Crippen molar-refractivity contribution in [1.82, 2.24) is 4.90 Å². The second kappa shape index (κ2) is 10.1. The summed E-state index contributed by atoms with van der Waals surface area (Å²) in [7, 11) is 1.53. The minimum absolute atomic E-state index is 0.0689. The fraction of sp³-hybridized carbons (Fsp3) is 0.273. The van der Waals surface area contributed by atoms with Crippen LogP contribution in [0.25, 0.3) is 6.08 Å². The van der Waals surface area contributed by atoms with Crippen molar-refractivity contribution in [3.63, 3.8) is 0 Å². The van der Waals surface area contributed by atoms with E-state index in [1.165, 1.54) is 13.2 Å². The fourth-order valence-corrected chi connectivity index (χ4v) is 2.96. The lowest BCUT2D eigenvalue weighted by Gasteiger charge is -2.26. The SMILES string of the molecule is COc1cc(/C=C/C(=O)c2ccc(Cl)cc2)ccc1OCC(=O)N1CCOCC1. The standard InChI is InChI=1S/C22H22ClNO5/c1-27-21-14-16(2-8-19(25)17-4-6-18(23)7-5-17)3-9-20(21)29-15-22(26)24-10-12-28-13-11-24/h2-9,14H,10-13,15H2,1H3/b8-2+. The highest BCUT2D eigenvalue weighted by Gasteiger charge is 2.18. The first-order valence-electron chi connectivity index (χ1n) is 9.21. The minimum atomic E-state index is -0.128. The Kier molecular flexibility index (Phi) is 7.27. The predicted octanol–water partition coefficient (Wildman–Crippen LogP) is 3.48. The predicted molar refractivity (Wildman–Crippen MR) is 111 cm³/mol. The molecule has 3 rings (SSSR count). The molecule has 0 radical (unpaired) electrons. The van der Waals surface area contributed by atoms with E-state index in [0.717, 1.165) is 5.56 Å². The molecular formula is C22H22ClNO5. The maximum Gasteiger partial charge on any atom is 0.260 e. The number of rotatable bonds is 7. The lowest BCUT2D eigenvalue weighted by molar-refractivity contribution is -0.137. The third-order valence-corrected chi connectivity index (χ3v) is 4.71. The van der Waals surface area contributed by atoms with Crippen LogP contribution in [0.4, 0.5) is 0 Å². The van der Waals surface area contributed by atoms with Gasteiger partial charge in [-0.2, -0.15) is 0 Å². The fourth-order valence-electron chi connectivity index (χ4n) is 2.83. The molecule has 0 aliphatic carbocycles. The molecule has 0 unspecified atom stereocenters. The average Bonchev–Trinajstić information content (AvgIpc) is 2.77. The second-order valence-electron chi connectivity index (χ2n) is 6.40. The van der Waals surface area contributed by atoms with E-state index in [4.69, 9.17) is 25.8 Å². The van der Waals surface area contributed by atoms with Gasteiger partial charge >= 0.3 is 0 Å². The van der Waals surface area contributed by atoms with Crippen molar-refractivity contribution in [2.24, 2.45) is 0 Å². The number of amides is 1. The third-order valence-electron chi connectivity index (χ3n) is 4.46. The van der Waals surface area contributed by atoms with Crippen molar-refractivity contribution in [2.75, 3.05) is 40.0 Å². The van der Waals surface area contributed by atoms with Crippen LogP contribution in [0.3, 0.4) is 0 Å². The van der Waals surface area contributed by atoms with E-state index in [1.54, 1.807) is 53.4 Å². The zero-order valence-corrected chi connectivity index (χ0v) is 16.9. The summed E-state index contributed by atoms with van der Waals surface area (Å²) in [6.07, 6.45) is 3.18. The summed E-state index contributed by atoms with van der Waals surface area (Å²) in [6.45, 7) is 2.17. The van der Waals surface area contributed by atoms with Gasteiger partial charge in [0.15, 0.2) is 23.9 Å². The molecule has 2 aromatic carbocycles. The number of morpholine rings is 1. The van der Waals surface area contributed by atoms with Crippen LogP contribution < -0.4 is 9.47 Å². The number of nitrogens with zero attached hydrogens (tertiary/aromatic N) is 1. The van der Waals surface area contributed by atoms with Gasteiger partial charge in [-0.15, -0.1) is 0 Å². The van der Waals surface area contributed by atoms with Crippen molar-refractivity contribution < 1.29 is 23.8 Å². The quantitative estimate of drug-likeness (QED) is 0.511. The van der Waals surface area contributed by atoms with Gasteiger partial charge in [0, 0.05) is 23.7 Å². The van der Waals surface area contributed by atoms with Crippen molar-refractivity contribution in [2.45, 2.75) is 0 Å². The molecule has 0 saturated carbocycles. The maximum atomic E-state index is 12.2. The average molecular weight is 416 g/mol. The van der Waals surface area contributed by atoms with E-state index in [9.17, 15) is 9.59 Å². The lowest BCUT2D eigenvalue weighted by atomic mass is 10.1. The van der Waals surface area contributed by atoms with E-state index >= 15 is 0 Å². The molecule has 0 spiro atoms. The molecule has 0 atom stereocenters. The molecule has 1 aliphatic heterocycles. The molecule has 1 amide bonds. The summed E-state index contributed by atoms with van der Waals surface area (Å²) in [5, 5.41) is 0.581. The highest BCUT2D eigenvalue weighted by atomic mass is 35.5. The van der Waals surface area contributed by atoms with Crippen molar-refractivity contribution in [3.8, 4) is 11.5 Å². The Morgan fingerprint density at radius 3 is 2.52 bits per heavy atom. The molecule has 0 bridgehead atoms. The second-order valence-corrected chi connectivity index (χ2v) is 6.83. The van der Waals surface area contributed by atoms with Gasteiger partial charge in [-0.25, -0.2) is 0 Å². The molecule has 1 fully saturated rings. The van der Waals surface area contributed by atoms with Crippen LogP contribution in [0.5, 0.6) is 11.5 Å². The Hall–Kier alpha value is -2.83. The van der Waals surface area contributed by atoms with Crippen LogP contribution in [0, 0.1) is 0 Å². The van der Waals surface area contributed by atoms with Crippen LogP contribution in [0.15, 0.2) is 48.5 Å². The molecule has 1 heterocycles. The van der Waals surface area contributed by atoms with E-state index in [2.05, 4.69) is 0 Å². The number of carbonyl (C=O) groups excluding carboxylic acids is 2. The topological polar surface area (TPSA) is 65.1 Å². The van der Waals surface area contributed by atoms with Gasteiger partial charge in [0.25, 0.3) is 5.91 Å². The van der Waals surface area contributed by atoms with Gasteiger partial charge in [0.1, 0.15) is 0 Å². The Bertz CT molecular complexity index is 889. The highest BCUT2D eigenvalue weighted by Crippen LogP contribution is 2.28. The van der Waals surface area contributed by atoms with E-state index in [0.29, 0.717) is 48.4 Å². The van der Waals surface area contributed by atoms with Crippen molar-refractivity contribution in [1.29, 1.82) is 0 Å². The molecule has 0 aromatic heterocycles. The minimum Gasteiger partial charge on any atom is -0.493 e. The summed E-state index contributed by atoms with van der Waals surface area (Å²) < 4.78 is 16.3. The van der Waals surface area contributed by atoms with Gasteiger partial charge in [0.2, 0.25) is 0 Å². The van der Waals surface area contributed by atoms with Crippen LogP contribution in [-0.2, 0) is 9.53 Å². The Labute approximate surface area is 174 Å². The zero-order valence-electron chi connectivity index (χ0n) is 16.1. The van der Waals surface area contributed by atoms with Crippen LogP contribution in [0.2, 0.25) is 5.02 Å². The number of carbonyl (C=O) groups is 2. The van der Waals surface area contributed by atoms with E-state index in [1.807, 2.05) is 0 Å². The number of hydrogen-bond donors (Lipinski definition) is 0. The number of ether oxygens (including phenoxy) is 3. The number of methoxy groups -OCH3 is 1. The number of benzene rings is 2. The van der Waals surface area contributed by atoms with Crippen LogP contribution in [0.1, 0.15) is 15.9 Å². The first kappa shape index (κ1) is 20.9. The summed E-state index contributed by atoms with van der Waals surface area (Å²) in [5.41, 5.74) is 1.33. The highest BCUT2D eigenvalue weighted by molar-refractivity contribution is 6.30. The first-order valence-corrected chi connectivity index (χ1v) is 9.59. The van der Waals surface area contributed by atoms with E-state index < -0.39 is 0 Å². The first-order chi connectivity index (χ1) is 14.1. The summed E-state index contributed by atoms with van der Waals surface area (Å²) in [4.78, 5) is 26.2. The largest absolute Gasteiger partial charge is 0.493 e. The van der Waals surface area contributed by atoms with Crippen LogP contribution in [-0.4, -0.2) is 56.6 Å². The number of halogens is 1. The number of ketones is 1. The van der Waals surface area contributed by atoms with Crippen molar-refractivity contribution >= 4 is 29.4 Å². The van der Waals surface area contributed by atoms with Crippen molar-refractivity contribution in [3.05, 3.63) is 64.7 Å². The normalized spacial score (nSPS) is 14.1. The van der Waals surface area contributed by atoms with Crippen LogP contribution >= 0.6 is 11.6 Å². The van der Waals surface area contributed by atoms with Gasteiger partial charge in [-0.1, -0.05) is 23.7 Å². The Morgan fingerprint density at radius 1 is 1.10 bits per heavy atom. The molecule has 0 N–H and O–H groups in total. The Balaban J connectivity index is 1.62. The van der Waals surface area contributed by atoms with E-state index in [-0.39, 0.29) is 18.3 Å². The lowest BCUT2D eigenvalue weighted by Crippen LogP contribution is -2.43. The molecular weight excluding hydrogens is 394 g/mol. The molecule has 7 heteroatoms. The molecule has 29 heavy (non-hydrogen) atoms. The van der Waals surface area contributed by atoms with Gasteiger partial charge in [-0.05, 0) is 48.0 Å². The number of hydrogen-bond acceptors (Lipinski definition) is 5. The third kappa shape index (κ3) is 5.82. The van der Waals surface area contributed by atoms with Gasteiger partial charge in [0.05, 0.1) is 20.3 Å². The molecule has 1 aliphatic rings. The molecule has 2 aromatic rings. The Morgan fingerprint density at radius 2 is 1.83 bits per heavy atom. The smallest absolute Gasteiger partial charge is 0.260 e. The molecule has 1 saturated heterocycles. The van der Waals surface area contributed by atoms with Gasteiger partial charge < -0.3 is 19.1 Å². The summed E-state index contributed by atoms with van der Waals surface area (Å²) in [5.74, 6) is 0.737. The molecule has 152 valence electrons. The maximum absolute atomic E-state index is 12.2. The monoisotopic (exact) mass is 415 g/mol. The summed E-state index contributed by atoms with van der Waals surface area (Å²) in [6, 6.07) is 12.0. The zero-order chi connectivity index (χ0) is 20.6. The molecule has 6 nitrogen and oxygen atoms in total. The van der Waals surface area contributed by atoms with Gasteiger partial charge in [-0.3, -0.25) is 9.59 Å². The number of allylic oxidation sites excluding steroid dienone is 1. The summed E-state index contributed by atoms with van der Waals surface area (Å²) >= 11 is 5.84.